The van der Waals surface area contributed by atoms with E-state index >= 15 is 0 Å². The summed E-state index contributed by atoms with van der Waals surface area (Å²) in [7, 11) is 0. The minimum atomic E-state index is 0. The largest absolute Gasteiger partial charge is 0.295 e. The molecule has 0 amide bonds. The first-order valence-corrected chi connectivity index (χ1v) is 10.1. The maximum atomic E-state index is 12.7. The number of carbonyl (C=O) groups is 1. The predicted molar refractivity (Wildman–Crippen MR) is 127 cm³/mol. The highest BCUT2D eigenvalue weighted by Gasteiger charge is 2.17. The second-order valence-electron chi connectivity index (χ2n) is 7.62. The van der Waals surface area contributed by atoms with Crippen molar-refractivity contribution in [3.63, 3.8) is 0 Å². The van der Waals surface area contributed by atoms with Crippen molar-refractivity contribution in [3.05, 3.63) is 125 Å². The van der Waals surface area contributed by atoms with Crippen molar-refractivity contribution in [2.24, 2.45) is 5.92 Å². The lowest BCUT2D eigenvalue weighted by Gasteiger charge is -2.19. The van der Waals surface area contributed by atoms with Gasteiger partial charge in [-0.25, -0.2) is 0 Å². The Kier molecular flexibility index (Phi) is 7.35. The number of allylic oxidation sites excluding steroid dienone is 2. The summed E-state index contributed by atoms with van der Waals surface area (Å²) in [5.74, 6) is 0.256. The van der Waals surface area contributed by atoms with E-state index in [-0.39, 0.29) is 14.6 Å². The van der Waals surface area contributed by atoms with Crippen molar-refractivity contribution in [3.8, 4) is 0 Å². The van der Waals surface area contributed by atoms with Crippen molar-refractivity contribution in [1.82, 2.24) is 0 Å². The summed E-state index contributed by atoms with van der Waals surface area (Å²) < 4.78 is 0. The third kappa shape index (κ3) is 6.73. The van der Waals surface area contributed by atoms with Gasteiger partial charge in [-0.1, -0.05) is 109 Å². The first-order chi connectivity index (χ1) is 14.1. The second-order valence-corrected chi connectivity index (χ2v) is 7.62. The van der Waals surface area contributed by atoms with Crippen LogP contribution in [0, 0.1) is 12.8 Å². The fourth-order valence-electron chi connectivity index (χ4n) is 3.44. The molecule has 0 aromatic heterocycles. The molecule has 3 rings (SSSR count). The van der Waals surface area contributed by atoms with E-state index in [1.165, 1.54) is 16.7 Å². The zero-order valence-corrected chi connectivity index (χ0v) is 17.1. The SMILES string of the molecule is C=C(Cc1ccccc1)[C@@H](CC(=O)/C=C/c1ccccc1)Cc1ccc(C)cc1.[HH].[HH]. The van der Waals surface area contributed by atoms with Crippen LogP contribution in [-0.4, -0.2) is 5.78 Å². The molecule has 0 heterocycles. The van der Waals surface area contributed by atoms with Crippen molar-refractivity contribution in [2.45, 2.75) is 26.2 Å². The Balaban J connectivity index is 0.00000240. The minimum absolute atomic E-state index is 0. The van der Waals surface area contributed by atoms with Gasteiger partial charge in [0.25, 0.3) is 0 Å². The van der Waals surface area contributed by atoms with Gasteiger partial charge < -0.3 is 0 Å². The lowest BCUT2D eigenvalue weighted by atomic mass is 9.85. The molecule has 0 spiro atoms. The Hall–Kier alpha value is -3.19. The summed E-state index contributed by atoms with van der Waals surface area (Å²) in [6, 6.07) is 28.9. The molecule has 0 bridgehead atoms. The lowest BCUT2D eigenvalue weighted by Crippen LogP contribution is -2.14. The molecule has 1 heteroatoms. The maximum absolute atomic E-state index is 12.7. The van der Waals surface area contributed by atoms with Gasteiger partial charge in [-0.3, -0.25) is 4.79 Å². The summed E-state index contributed by atoms with van der Waals surface area (Å²) in [5.41, 5.74) is 5.88. The van der Waals surface area contributed by atoms with Crippen LogP contribution in [0.25, 0.3) is 6.08 Å². The molecule has 150 valence electrons. The molecule has 0 radical (unpaired) electrons. The molecular weight excluding hydrogens is 352 g/mol. The second kappa shape index (κ2) is 10.4. The molecule has 1 nitrogen and oxygen atoms in total. The van der Waals surface area contributed by atoms with E-state index in [1.807, 2.05) is 54.6 Å². The quantitative estimate of drug-likeness (QED) is 0.283. The third-order valence-electron chi connectivity index (χ3n) is 5.16. The topological polar surface area (TPSA) is 17.1 Å². The zero-order chi connectivity index (χ0) is 20.5. The molecule has 29 heavy (non-hydrogen) atoms. The van der Waals surface area contributed by atoms with Gasteiger partial charge in [0.05, 0.1) is 0 Å². The molecule has 0 aliphatic rings. The molecule has 0 N–H and O–H groups in total. The highest BCUT2D eigenvalue weighted by atomic mass is 16.1. The average Bonchev–Trinajstić information content (AvgIpc) is 2.75. The number of hydrogen-bond donors (Lipinski definition) is 0. The number of rotatable bonds is 9. The molecule has 0 fully saturated rings. The van der Waals surface area contributed by atoms with Gasteiger partial charge in [0.2, 0.25) is 0 Å². The summed E-state index contributed by atoms with van der Waals surface area (Å²) in [6.07, 6.45) is 5.70. The van der Waals surface area contributed by atoms with Gasteiger partial charge in [0.15, 0.2) is 5.78 Å². The Bertz CT molecular complexity index is 961. The predicted octanol–water partition coefficient (Wildman–Crippen LogP) is 7.12. The highest BCUT2D eigenvalue weighted by molar-refractivity contribution is 5.93. The normalized spacial score (nSPS) is 12.0. The van der Waals surface area contributed by atoms with Gasteiger partial charge in [0.1, 0.15) is 0 Å². The smallest absolute Gasteiger partial charge is 0.156 e. The van der Waals surface area contributed by atoms with E-state index in [0.717, 1.165) is 24.0 Å². The van der Waals surface area contributed by atoms with Crippen molar-refractivity contribution in [2.75, 3.05) is 0 Å². The molecule has 0 saturated heterocycles. The van der Waals surface area contributed by atoms with Gasteiger partial charge in [-0.15, -0.1) is 0 Å². The average molecular weight is 385 g/mol. The fourth-order valence-corrected chi connectivity index (χ4v) is 3.44. The standard InChI is InChI=1S/C28H28O.2H2/c1-22-13-15-26(16-14-22)20-27(23(2)19-25-11-7-4-8-12-25)21-28(29)18-17-24-9-5-3-6-10-24;;/h3-18,27H,2,19-21H2,1H3;2*1H/b18-17+;;/t27-;;/m1../s1. The van der Waals surface area contributed by atoms with Gasteiger partial charge in [-0.05, 0) is 48.4 Å². The summed E-state index contributed by atoms with van der Waals surface area (Å²) in [4.78, 5) is 12.7. The van der Waals surface area contributed by atoms with Crippen molar-refractivity contribution < 1.29 is 7.65 Å². The molecule has 1 atom stereocenters. The number of aryl methyl sites for hydroxylation is 1. The van der Waals surface area contributed by atoms with E-state index in [0.29, 0.717) is 6.42 Å². The lowest BCUT2D eigenvalue weighted by molar-refractivity contribution is -0.115. The fraction of sp³-hybridized carbons (Fsp3) is 0.179. The van der Waals surface area contributed by atoms with Crippen LogP contribution in [0.1, 0.15) is 31.5 Å². The minimum Gasteiger partial charge on any atom is -0.295 e. The Morgan fingerprint density at radius 2 is 1.52 bits per heavy atom. The van der Waals surface area contributed by atoms with Gasteiger partial charge >= 0.3 is 0 Å². The van der Waals surface area contributed by atoms with Crippen LogP contribution in [0.5, 0.6) is 0 Å². The van der Waals surface area contributed by atoms with Crippen LogP contribution in [-0.2, 0) is 17.6 Å². The first kappa shape index (κ1) is 20.5. The van der Waals surface area contributed by atoms with Crippen LogP contribution in [0.2, 0.25) is 0 Å². The molecule has 0 unspecified atom stereocenters. The van der Waals surface area contributed by atoms with Crippen LogP contribution < -0.4 is 0 Å². The summed E-state index contributed by atoms with van der Waals surface area (Å²) in [5, 5.41) is 0. The van der Waals surface area contributed by atoms with Crippen LogP contribution >= 0.6 is 0 Å². The first-order valence-electron chi connectivity index (χ1n) is 10.1. The Labute approximate surface area is 177 Å². The van der Waals surface area contributed by atoms with Gasteiger partial charge in [0, 0.05) is 9.27 Å². The third-order valence-corrected chi connectivity index (χ3v) is 5.16. The number of hydrogen-bond acceptors (Lipinski definition) is 1. The number of carbonyl (C=O) groups excluding carboxylic acids is 1. The summed E-state index contributed by atoms with van der Waals surface area (Å²) in [6.45, 7) is 6.45. The zero-order valence-electron chi connectivity index (χ0n) is 17.1. The molecule has 0 aliphatic carbocycles. The van der Waals surface area contributed by atoms with Crippen LogP contribution in [0.4, 0.5) is 0 Å². The highest BCUT2D eigenvalue weighted by Crippen LogP contribution is 2.24. The molecule has 0 aliphatic heterocycles. The van der Waals surface area contributed by atoms with Crippen molar-refractivity contribution >= 4 is 11.9 Å². The van der Waals surface area contributed by atoms with E-state index in [1.54, 1.807) is 6.08 Å². The number of benzene rings is 3. The molecule has 3 aromatic carbocycles. The monoisotopic (exact) mass is 384 g/mol. The van der Waals surface area contributed by atoms with E-state index in [9.17, 15) is 4.79 Å². The van der Waals surface area contributed by atoms with E-state index in [2.05, 4.69) is 49.9 Å². The van der Waals surface area contributed by atoms with Crippen molar-refractivity contribution in [1.29, 1.82) is 0 Å². The van der Waals surface area contributed by atoms with E-state index < -0.39 is 0 Å². The molecular formula is C28H32O. The van der Waals surface area contributed by atoms with Crippen LogP contribution in [0.3, 0.4) is 0 Å². The van der Waals surface area contributed by atoms with Gasteiger partial charge in [-0.2, -0.15) is 0 Å². The maximum Gasteiger partial charge on any atom is 0.156 e. The van der Waals surface area contributed by atoms with E-state index in [4.69, 9.17) is 0 Å². The number of ketones is 1. The Morgan fingerprint density at radius 3 is 2.17 bits per heavy atom. The molecule has 3 aromatic rings. The molecule has 0 saturated carbocycles. The summed E-state index contributed by atoms with van der Waals surface area (Å²) >= 11 is 0. The van der Waals surface area contributed by atoms with Crippen LogP contribution in [0.15, 0.2) is 103 Å². The Morgan fingerprint density at radius 1 is 0.897 bits per heavy atom.